The molecule has 0 N–H and O–H groups in total. The largest absolute Gasteiger partial charge is 0.489 e. The molecule has 3 aromatic rings. The van der Waals surface area contributed by atoms with E-state index >= 15 is 0 Å². The van der Waals surface area contributed by atoms with Gasteiger partial charge in [-0.25, -0.2) is 9.97 Å². The molecule has 3 aromatic heterocycles. The summed E-state index contributed by atoms with van der Waals surface area (Å²) < 4.78 is 10.0. The van der Waals surface area contributed by atoms with Gasteiger partial charge in [0.15, 0.2) is 5.82 Å². The van der Waals surface area contributed by atoms with Crippen LogP contribution in [-0.2, 0) is 11.2 Å². The molecule has 0 aliphatic carbocycles. The molecule has 3 heterocycles. The lowest BCUT2D eigenvalue weighted by Crippen LogP contribution is -2.24. The summed E-state index contributed by atoms with van der Waals surface area (Å²) in [6, 6.07) is 7.40. The summed E-state index contributed by atoms with van der Waals surface area (Å²) in [5, 5.41) is 0.811. The Balaban J connectivity index is 1.78. The highest BCUT2D eigenvalue weighted by Gasteiger charge is 2.15. The number of nitrogens with zero attached hydrogens (tertiary/aromatic N) is 5. The molecule has 0 radical (unpaired) electrons. The van der Waals surface area contributed by atoms with E-state index in [1.54, 1.807) is 24.3 Å². The second-order valence-electron chi connectivity index (χ2n) is 6.28. The van der Waals surface area contributed by atoms with Crippen molar-refractivity contribution < 1.29 is 9.53 Å². The molecule has 0 unspecified atom stereocenters. The van der Waals surface area contributed by atoms with E-state index in [1.165, 1.54) is 18.5 Å². The molecule has 0 saturated carbocycles. The summed E-state index contributed by atoms with van der Waals surface area (Å²) in [6.45, 7) is 5.47. The summed E-state index contributed by atoms with van der Waals surface area (Å²) >= 11 is 1.31. The number of amides is 1. The fraction of sp³-hybridized carbons (Fsp3) is 0.316. The van der Waals surface area contributed by atoms with Gasteiger partial charge in [0.1, 0.15) is 16.5 Å². The van der Waals surface area contributed by atoms with E-state index in [4.69, 9.17) is 4.74 Å². The molecule has 0 spiro atoms. The first-order chi connectivity index (χ1) is 12.9. The zero-order chi connectivity index (χ0) is 19.4. The topological polar surface area (TPSA) is 81.1 Å². The van der Waals surface area contributed by atoms with Crippen molar-refractivity contribution in [3.8, 4) is 17.3 Å². The average molecular weight is 383 g/mol. The van der Waals surface area contributed by atoms with Crippen LogP contribution in [-0.4, -0.2) is 38.4 Å². The van der Waals surface area contributed by atoms with E-state index in [9.17, 15) is 4.79 Å². The molecule has 0 saturated heterocycles. The minimum absolute atomic E-state index is 0.0462. The molecule has 0 aliphatic heterocycles. The molecule has 3 rings (SSSR count). The van der Waals surface area contributed by atoms with Gasteiger partial charge in [0, 0.05) is 26.6 Å². The van der Waals surface area contributed by atoms with E-state index in [0.29, 0.717) is 17.9 Å². The Hall–Kier alpha value is -2.87. The van der Waals surface area contributed by atoms with Crippen LogP contribution < -0.4 is 9.64 Å². The van der Waals surface area contributed by atoms with Crippen LogP contribution in [0.4, 0.5) is 5.69 Å². The van der Waals surface area contributed by atoms with Gasteiger partial charge < -0.3 is 9.64 Å². The van der Waals surface area contributed by atoms with Crippen LogP contribution in [0.25, 0.3) is 11.5 Å². The number of pyridine rings is 2. The van der Waals surface area contributed by atoms with Crippen LogP contribution in [0.3, 0.4) is 0 Å². The monoisotopic (exact) mass is 383 g/mol. The van der Waals surface area contributed by atoms with Gasteiger partial charge in [-0.05, 0) is 49.6 Å². The van der Waals surface area contributed by atoms with Gasteiger partial charge in [0.2, 0.25) is 5.91 Å². The number of ether oxygens (including phenoxy) is 1. The predicted octanol–water partition coefficient (Wildman–Crippen LogP) is 3.36. The SMILES string of the molecule is CC(=O)N(C)c1cccnc1Cc1nc(-c2ccc(OC(C)C)cn2)ns1. The van der Waals surface area contributed by atoms with Crippen LogP contribution in [0.1, 0.15) is 31.5 Å². The normalized spacial score (nSPS) is 10.9. The zero-order valence-electron chi connectivity index (χ0n) is 15.7. The van der Waals surface area contributed by atoms with Gasteiger partial charge in [-0.2, -0.15) is 4.37 Å². The molecule has 8 heteroatoms. The van der Waals surface area contributed by atoms with Crippen LogP contribution in [0.5, 0.6) is 5.75 Å². The highest BCUT2D eigenvalue weighted by atomic mass is 32.1. The van der Waals surface area contributed by atoms with Gasteiger partial charge in [0.05, 0.1) is 23.7 Å². The number of carbonyl (C=O) groups excluding carboxylic acids is 1. The highest BCUT2D eigenvalue weighted by Crippen LogP contribution is 2.24. The lowest BCUT2D eigenvalue weighted by Gasteiger charge is -2.17. The third kappa shape index (κ3) is 4.65. The predicted molar refractivity (Wildman–Crippen MR) is 105 cm³/mol. The smallest absolute Gasteiger partial charge is 0.223 e. The van der Waals surface area contributed by atoms with Crippen LogP contribution in [0.2, 0.25) is 0 Å². The molecular weight excluding hydrogens is 362 g/mol. The van der Waals surface area contributed by atoms with E-state index < -0.39 is 0 Å². The molecule has 0 fully saturated rings. The highest BCUT2D eigenvalue weighted by molar-refractivity contribution is 7.05. The van der Waals surface area contributed by atoms with E-state index in [0.717, 1.165) is 22.1 Å². The quantitative estimate of drug-likeness (QED) is 0.649. The lowest BCUT2D eigenvalue weighted by atomic mass is 10.2. The van der Waals surface area contributed by atoms with Gasteiger partial charge in [-0.1, -0.05) is 0 Å². The summed E-state index contributed by atoms with van der Waals surface area (Å²) in [7, 11) is 1.74. The van der Waals surface area contributed by atoms with Crippen LogP contribution >= 0.6 is 11.5 Å². The first-order valence-electron chi connectivity index (χ1n) is 8.58. The molecular formula is C19H21N5O2S. The fourth-order valence-corrected chi connectivity index (χ4v) is 3.12. The molecule has 140 valence electrons. The Morgan fingerprint density at radius 2 is 2.07 bits per heavy atom. The summed E-state index contributed by atoms with van der Waals surface area (Å²) in [6.07, 6.45) is 3.99. The Kier molecular flexibility index (Phi) is 5.75. The maximum absolute atomic E-state index is 11.7. The van der Waals surface area contributed by atoms with Gasteiger partial charge in [-0.3, -0.25) is 9.78 Å². The van der Waals surface area contributed by atoms with E-state index in [1.807, 2.05) is 38.1 Å². The first kappa shape index (κ1) is 18.9. The number of anilines is 1. The molecule has 0 bridgehead atoms. The summed E-state index contributed by atoms with van der Waals surface area (Å²) in [5.74, 6) is 1.24. The van der Waals surface area contributed by atoms with Crippen LogP contribution in [0, 0.1) is 0 Å². The molecule has 0 aromatic carbocycles. The zero-order valence-corrected chi connectivity index (χ0v) is 16.5. The average Bonchev–Trinajstić information content (AvgIpc) is 3.10. The number of aromatic nitrogens is 4. The lowest BCUT2D eigenvalue weighted by molar-refractivity contribution is -0.116. The molecule has 27 heavy (non-hydrogen) atoms. The number of hydrogen-bond donors (Lipinski definition) is 0. The minimum Gasteiger partial charge on any atom is -0.489 e. The van der Waals surface area contributed by atoms with Gasteiger partial charge in [-0.15, -0.1) is 0 Å². The van der Waals surface area contributed by atoms with Crippen molar-refractivity contribution in [2.75, 3.05) is 11.9 Å². The van der Waals surface area contributed by atoms with Crippen molar-refractivity contribution in [3.63, 3.8) is 0 Å². The molecule has 7 nitrogen and oxygen atoms in total. The van der Waals surface area contributed by atoms with Crippen LogP contribution in [0.15, 0.2) is 36.7 Å². The Morgan fingerprint density at radius 3 is 2.74 bits per heavy atom. The molecule has 0 aliphatic rings. The summed E-state index contributed by atoms with van der Waals surface area (Å²) in [4.78, 5) is 26.6. The number of hydrogen-bond acceptors (Lipinski definition) is 7. The van der Waals surface area contributed by atoms with Crippen molar-refractivity contribution in [1.82, 2.24) is 19.3 Å². The number of carbonyl (C=O) groups is 1. The minimum atomic E-state index is -0.0462. The van der Waals surface area contributed by atoms with Crippen molar-refractivity contribution in [1.29, 1.82) is 0 Å². The van der Waals surface area contributed by atoms with Crippen molar-refractivity contribution in [3.05, 3.63) is 47.4 Å². The third-order valence-electron chi connectivity index (χ3n) is 3.82. The Labute approximate surface area is 162 Å². The molecule has 0 atom stereocenters. The van der Waals surface area contributed by atoms with Crippen molar-refractivity contribution in [2.24, 2.45) is 0 Å². The van der Waals surface area contributed by atoms with Gasteiger partial charge >= 0.3 is 0 Å². The van der Waals surface area contributed by atoms with Gasteiger partial charge in [0.25, 0.3) is 0 Å². The first-order valence-corrected chi connectivity index (χ1v) is 9.35. The fourth-order valence-electron chi connectivity index (χ4n) is 2.47. The maximum atomic E-state index is 11.7. The van der Waals surface area contributed by atoms with Crippen molar-refractivity contribution >= 4 is 23.1 Å². The molecule has 1 amide bonds. The second kappa shape index (κ2) is 8.22. The third-order valence-corrected chi connectivity index (χ3v) is 4.53. The van der Waals surface area contributed by atoms with Crippen molar-refractivity contribution in [2.45, 2.75) is 33.3 Å². The Bertz CT molecular complexity index is 924. The maximum Gasteiger partial charge on any atom is 0.223 e. The van der Waals surface area contributed by atoms with E-state index in [2.05, 4.69) is 19.3 Å². The number of rotatable bonds is 6. The second-order valence-corrected chi connectivity index (χ2v) is 7.12. The summed E-state index contributed by atoms with van der Waals surface area (Å²) in [5.41, 5.74) is 2.25. The standard InChI is InChI=1S/C19H21N5O2S/c1-12(2)26-14-7-8-15(21-11-14)19-22-18(27-23-19)10-16-17(6-5-9-20-16)24(4)13(3)25/h5-9,11-12H,10H2,1-4H3. The Morgan fingerprint density at radius 1 is 1.26 bits per heavy atom. The van der Waals surface area contributed by atoms with E-state index in [-0.39, 0.29) is 12.0 Å².